The first-order valence-corrected chi connectivity index (χ1v) is 10.4. The van der Waals surface area contributed by atoms with Gasteiger partial charge in [-0.3, -0.25) is 0 Å². The molecule has 33 heavy (non-hydrogen) atoms. The van der Waals surface area contributed by atoms with Gasteiger partial charge in [-0.25, -0.2) is 4.79 Å². The highest BCUT2D eigenvalue weighted by atomic mass is 19.4. The van der Waals surface area contributed by atoms with Crippen molar-refractivity contribution in [2.24, 2.45) is 5.41 Å². The number of anilines is 1. The molecule has 0 bridgehead atoms. The maximum atomic E-state index is 13.2. The number of ether oxygens (including phenoxy) is 1. The predicted molar refractivity (Wildman–Crippen MR) is 109 cm³/mol. The molecule has 1 aliphatic heterocycles. The van der Waals surface area contributed by atoms with Gasteiger partial charge in [0.1, 0.15) is 5.75 Å². The van der Waals surface area contributed by atoms with E-state index in [0.29, 0.717) is 30.8 Å². The van der Waals surface area contributed by atoms with Gasteiger partial charge in [0.2, 0.25) is 0 Å². The van der Waals surface area contributed by atoms with E-state index in [1.165, 1.54) is 12.0 Å². The number of likely N-dealkylation sites (tertiary alicyclic amines) is 1. The maximum absolute atomic E-state index is 13.2. The van der Waals surface area contributed by atoms with Crippen molar-refractivity contribution in [3.63, 3.8) is 0 Å². The molecule has 1 saturated heterocycles. The smallest absolute Gasteiger partial charge is 0.416 e. The molecule has 1 saturated carbocycles. The highest BCUT2D eigenvalue weighted by Gasteiger charge is 2.49. The molecular formula is C23H22F6N2O2. The van der Waals surface area contributed by atoms with Crippen molar-refractivity contribution in [1.29, 1.82) is 0 Å². The number of alkyl halides is 6. The van der Waals surface area contributed by atoms with E-state index >= 15 is 0 Å². The molecule has 0 unspecified atom stereocenters. The summed E-state index contributed by atoms with van der Waals surface area (Å²) in [5.74, 6) is 0.593. The number of methoxy groups -OCH3 is 1. The Morgan fingerprint density at radius 3 is 2.18 bits per heavy atom. The zero-order valence-corrected chi connectivity index (χ0v) is 17.7. The molecule has 2 aromatic rings. The molecule has 1 aliphatic carbocycles. The van der Waals surface area contributed by atoms with Crippen LogP contribution in [0.2, 0.25) is 0 Å². The van der Waals surface area contributed by atoms with Gasteiger partial charge in [0, 0.05) is 12.2 Å². The minimum atomic E-state index is -4.99. The van der Waals surface area contributed by atoms with Crippen molar-refractivity contribution < 1.29 is 35.9 Å². The molecule has 1 spiro atoms. The number of carbonyl (C=O) groups is 1. The second-order valence-corrected chi connectivity index (χ2v) is 8.70. The summed E-state index contributed by atoms with van der Waals surface area (Å²) in [6.07, 6.45) is -6.47. The molecular weight excluding hydrogens is 450 g/mol. The minimum Gasteiger partial charge on any atom is -0.497 e. The predicted octanol–water partition coefficient (Wildman–Crippen LogP) is 6.88. The van der Waals surface area contributed by atoms with Gasteiger partial charge in [-0.15, -0.1) is 0 Å². The summed E-state index contributed by atoms with van der Waals surface area (Å²) in [7, 11) is 1.51. The van der Waals surface area contributed by atoms with Gasteiger partial charge in [-0.1, -0.05) is 18.6 Å². The van der Waals surface area contributed by atoms with E-state index in [0.717, 1.165) is 24.8 Å². The maximum Gasteiger partial charge on any atom is 0.416 e. The summed E-state index contributed by atoms with van der Waals surface area (Å²) in [5, 5.41) is 2.28. The Morgan fingerprint density at radius 1 is 1.03 bits per heavy atom. The van der Waals surface area contributed by atoms with E-state index < -0.39 is 35.2 Å². The monoisotopic (exact) mass is 472 g/mol. The lowest BCUT2D eigenvalue weighted by Crippen LogP contribution is -2.38. The quantitative estimate of drug-likeness (QED) is 0.495. The fourth-order valence-corrected chi connectivity index (χ4v) is 4.68. The SMILES string of the molecule is COc1cccc([C@@H]2CC3(CCC3)CN2C(=O)Nc2cc(C(F)(F)F)cc(C(F)(F)F)c2)c1. The van der Waals surface area contributed by atoms with Crippen LogP contribution in [-0.4, -0.2) is 24.6 Å². The van der Waals surface area contributed by atoms with Crippen LogP contribution in [0, 0.1) is 5.41 Å². The molecule has 1 atom stereocenters. The average molecular weight is 472 g/mol. The zero-order chi connectivity index (χ0) is 24.0. The third-order valence-electron chi connectivity index (χ3n) is 6.50. The summed E-state index contributed by atoms with van der Waals surface area (Å²) >= 11 is 0. The largest absolute Gasteiger partial charge is 0.497 e. The van der Waals surface area contributed by atoms with Crippen molar-refractivity contribution in [2.75, 3.05) is 19.0 Å². The minimum absolute atomic E-state index is 0.0356. The van der Waals surface area contributed by atoms with Crippen LogP contribution in [0.5, 0.6) is 5.75 Å². The molecule has 1 N–H and O–H groups in total. The lowest BCUT2D eigenvalue weighted by atomic mass is 9.67. The number of benzene rings is 2. The zero-order valence-electron chi connectivity index (χ0n) is 17.7. The van der Waals surface area contributed by atoms with Crippen LogP contribution in [0.25, 0.3) is 0 Å². The van der Waals surface area contributed by atoms with Crippen molar-refractivity contribution in [3.8, 4) is 5.75 Å². The van der Waals surface area contributed by atoms with Crippen molar-refractivity contribution >= 4 is 11.7 Å². The number of urea groups is 1. The van der Waals surface area contributed by atoms with Gasteiger partial charge >= 0.3 is 18.4 Å². The number of amides is 2. The molecule has 1 heterocycles. The van der Waals surface area contributed by atoms with E-state index in [1.54, 1.807) is 18.2 Å². The highest BCUT2D eigenvalue weighted by Crippen LogP contribution is 2.54. The fourth-order valence-electron chi connectivity index (χ4n) is 4.68. The van der Waals surface area contributed by atoms with Crippen LogP contribution in [0.1, 0.15) is 48.4 Å². The average Bonchev–Trinajstić information content (AvgIpc) is 3.14. The number of halogens is 6. The van der Waals surface area contributed by atoms with E-state index in [-0.39, 0.29) is 17.5 Å². The molecule has 178 valence electrons. The summed E-state index contributed by atoms with van der Waals surface area (Å²) in [4.78, 5) is 14.6. The normalized spacial score (nSPS) is 20.0. The molecule has 0 radical (unpaired) electrons. The fraction of sp³-hybridized carbons (Fsp3) is 0.435. The van der Waals surface area contributed by atoms with Gasteiger partial charge in [0.15, 0.2) is 0 Å². The molecule has 2 aromatic carbocycles. The van der Waals surface area contributed by atoms with Crippen LogP contribution in [0.3, 0.4) is 0 Å². The third kappa shape index (κ3) is 4.74. The molecule has 10 heteroatoms. The first kappa shape index (κ1) is 23.3. The van der Waals surface area contributed by atoms with Crippen molar-refractivity contribution in [3.05, 3.63) is 59.2 Å². The van der Waals surface area contributed by atoms with Crippen LogP contribution >= 0.6 is 0 Å². The van der Waals surface area contributed by atoms with Crippen molar-refractivity contribution in [2.45, 2.75) is 44.1 Å². The van der Waals surface area contributed by atoms with Crippen LogP contribution < -0.4 is 10.1 Å². The van der Waals surface area contributed by atoms with Gasteiger partial charge < -0.3 is 15.0 Å². The van der Waals surface area contributed by atoms with E-state index in [4.69, 9.17) is 4.74 Å². The van der Waals surface area contributed by atoms with Crippen LogP contribution in [0.4, 0.5) is 36.8 Å². The van der Waals surface area contributed by atoms with E-state index in [9.17, 15) is 31.1 Å². The number of hydrogen-bond donors (Lipinski definition) is 1. The first-order valence-electron chi connectivity index (χ1n) is 10.4. The van der Waals surface area contributed by atoms with E-state index in [2.05, 4.69) is 5.32 Å². The van der Waals surface area contributed by atoms with Crippen molar-refractivity contribution in [1.82, 2.24) is 4.90 Å². The first-order chi connectivity index (χ1) is 15.4. The highest BCUT2D eigenvalue weighted by molar-refractivity contribution is 5.90. The van der Waals surface area contributed by atoms with Crippen LogP contribution in [-0.2, 0) is 12.4 Å². The second-order valence-electron chi connectivity index (χ2n) is 8.70. The molecule has 0 aromatic heterocycles. The van der Waals surface area contributed by atoms with Crippen LogP contribution in [0.15, 0.2) is 42.5 Å². The van der Waals surface area contributed by atoms with Gasteiger partial charge in [0.25, 0.3) is 0 Å². The number of nitrogens with one attached hydrogen (secondary N) is 1. The van der Waals surface area contributed by atoms with Gasteiger partial charge in [0.05, 0.1) is 24.3 Å². The third-order valence-corrected chi connectivity index (χ3v) is 6.50. The van der Waals surface area contributed by atoms with Gasteiger partial charge in [-0.2, -0.15) is 26.3 Å². The lowest BCUT2D eigenvalue weighted by molar-refractivity contribution is -0.143. The molecule has 2 aliphatic rings. The topological polar surface area (TPSA) is 41.6 Å². The Labute approximate surface area is 186 Å². The van der Waals surface area contributed by atoms with Gasteiger partial charge in [-0.05, 0) is 60.6 Å². The standard InChI is InChI=1S/C23H22F6N2O2/c1-33-18-5-2-4-14(8-18)19-12-21(6-3-7-21)13-31(19)20(32)30-17-10-15(22(24,25)26)9-16(11-17)23(27,28)29/h2,4-5,8-11,19H,3,6-7,12-13H2,1H3,(H,30,32)/t19-/m0/s1. The Hall–Kier alpha value is -2.91. The Kier molecular flexibility index (Phi) is 5.74. The Bertz CT molecular complexity index is 1010. The molecule has 2 amide bonds. The number of rotatable bonds is 3. The molecule has 4 rings (SSSR count). The Morgan fingerprint density at radius 2 is 1.67 bits per heavy atom. The molecule has 2 fully saturated rings. The van der Waals surface area contributed by atoms with E-state index in [1.807, 2.05) is 6.07 Å². The number of carbonyl (C=O) groups excluding carboxylic acids is 1. The number of hydrogen-bond acceptors (Lipinski definition) is 2. The summed E-state index contributed by atoms with van der Waals surface area (Å²) < 4.78 is 84.3. The number of nitrogens with zero attached hydrogens (tertiary/aromatic N) is 1. The summed E-state index contributed by atoms with van der Waals surface area (Å²) in [6.45, 7) is 0.381. The summed E-state index contributed by atoms with van der Waals surface area (Å²) in [6, 6.07) is 7.11. The Balaban J connectivity index is 1.65. The second kappa shape index (κ2) is 8.14. The summed E-state index contributed by atoms with van der Waals surface area (Å²) in [5.41, 5.74) is -2.80. The molecule has 4 nitrogen and oxygen atoms in total. The lowest BCUT2D eigenvalue weighted by Gasteiger charge is -2.37.